The smallest absolute Gasteiger partial charge is 0.261 e. The van der Waals surface area contributed by atoms with Crippen molar-refractivity contribution < 1.29 is 28.2 Å². The summed E-state index contributed by atoms with van der Waals surface area (Å²) in [5.41, 5.74) is 0.312. The number of amides is 2. The molecule has 2 atom stereocenters. The average Bonchev–Trinajstić information content (AvgIpc) is 2.81. The number of nitrogens with one attached hydrogen (secondary N) is 1. The molecule has 0 saturated heterocycles. The number of benzene rings is 2. The van der Waals surface area contributed by atoms with Gasteiger partial charge in [-0.25, -0.2) is 4.39 Å². The third kappa shape index (κ3) is 6.87. The van der Waals surface area contributed by atoms with E-state index in [9.17, 15) is 14.0 Å². The van der Waals surface area contributed by atoms with Crippen LogP contribution < -0.4 is 19.5 Å². The van der Waals surface area contributed by atoms with E-state index in [0.29, 0.717) is 22.8 Å². The summed E-state index contributed by atoms with van der Waals surface area (Å²) >= 11 is 0. The van der Waals surface area contributed by atoms with Gasteiger partial charge in [-0.05, 0) is 26.3 Å². The van der Waals surface area contributed by atoms with E-state index in [1.165, 1.54) is 25.2 Å². The SMILES string of the molecule is CC[C@@H](C)NC(=O)[C@@H](C)N(Cc1ccccc1F)C(=O)COc1cc(OC)cc(OC)c1. The fourth-order valence-electron chi connectivity index (χ4n) is 2.95. The normalized spacial score (nSPS) is 12.4. The van der Waals surface area contributed by atoms with Gasteiger partial charge in [0, 0.05) is 36.3 Å². The highest BCUT2D eigenvalue weighted by Gasteiger charge is 2.28. The van der Waals surface area contributed by atoms with Gasteiger partial charge in [-0.3, -0.25) is 9.59 Å². The van der Waals surface area contributed by atoms with Crippen LogP contribution in [0.15, 0.2) is 42.5 Å². The maximum absolute atomic E-state index is 14.3. The molecule has 32 heavy (non-hydrogen) atoms. The van der Waals surface area contributed by atoms with Gasteiger partial charge in [0.25, 0.3) is 5.91 Å². The Labute approximate surface area is 188 Å². The molecule has 0 aliphatic heterocycles. The van der Waals surface area contributed by atoms with Gasteiger partial charge in [-0.1, -0.05) is 25.1 Å². The molecule has 0 aromatic heterocycles. The summed E-state index contributed by atoms with van der Waals surface area (Å²) in [5.74, 6) is 0.178. The number of methoxy groups -OCH3 is 2. The third-order valence-electron chi connectivity index (χ3n) is 5.15. The first-order valence-corrected chi connectivity index (χ1v) is 10.5. The van der Waals surface area contributed by atoms with E-state index in [4.69, 9.17) is 14.2 Å². The first kappa shape index (κ1) is 25.0. The van der Waals surface area contributed by atoms with E-state index in [2.05, 4.69) is 5.32 Å². The molecular weight excluding hydrogens is 415 g/mol. The van der Waals surface area contributed by atoms with E-state index < -0.39 is 17.8 Å². The number of ether oxygens (including phenoxy) is 3. The molecule has 2 aromatic rings. The van der Waals surface area contributed by atoms with Crippen LogP contribution in [0.3, 0.4) is 0 Å². The molecule has 0 heterocycles. The van der Waals surface area contributed by atoms with Gasteiger partial charge < -0.3 is 24.4 Å². The molecule has 0 radical (unpaired) electrons. The number of carbonyl (C=O) groups excluding carboxylic acids is 2. The molecule has 7 nitrogen and oxygen atoms in total. The molecule has 0 fully saturated rings. The van der Waals surface area contributed by atoms with Crippen molar-refractivity contribution in [3.05, 3.63) is 53.8 Å². The van der Waals surface area contributed by atoms with Gasteiger partial charge in [0.05, 0.1) is 14.2 Å². The minimum absolute atomic E-state index is 0.0455. The zero-order chi connectivity index (χ0) is 23.7. The maximum atomic E-state index is 14.3. The van der Waals surface area contributed by atoms with Crippen LogP contribution in [0.1, 0.15) is 32.8 Å². The number of carbonyl (C=O) groups is 2. The second-order valence-corrected chi connectivity index (χ2v) is 7.44. The van der Waals surface area contributed by atoms with Gasteiger partial charge in [-0.15, -0.1) is 0 Å². The van der Waals surface area contributed by atoms with Gasteiger partial charge in [0.2, 0.25) is 5.91 Å². The number of rotatable bonds is 11. The number of nitrogens with zero attached hydrogens (tertiary/aromatic N) is 1. The van der Waals surface area contributed by atoms with Gasteiger partial charge in [0.1, 0.15) is 29.1 Å². The average molecular weight is 447 g/mol. The lowest BCUT2D eigenvalue weighted by Crippen LogP contribution is -2.50. The van der Waals surface area contributed by atoms with Crippen molar-refractivity contribution in [3.63, 3.8) is 0 Å². The molecule has 0 saturated carbocycles. The second-order valence-electron chi connectivity index (χ2n) is 7.44. The Morgan fingerprint density at radius 2 is 1.62 bits per heavy atom. The predicted octanol–water partition coefficient (Wildman–Crippen LogP) is 3.55. The summed E-state index contributed by atoms with van der Waals surface area (Å²) in [6, 6.07) is 10.2. The largest absolute Gasteiger partial charge is 0.496 e. The van der Waals surface area contributed by atoms with Gasteiger partial charge >= 0.3 is 0 Å². The lowest BCUT2D eigenvalue weighted by atomic mass is 10.1. The minimum Gasteiger partial charge on any atom is -0.496 e. The minimum atomic E-state index is -0.820. The molecule has 0 spiro atoms. The topological polar surface area (TPSA) is 77.1 Å². The molecule has 8 heteroatoms. The Balaban J connectivity index is 2.21. The first-order chi connectivity index (χ1) is 15.3. The highest BCUT2D eigenvalue weighted by molar-refractivity contribution is 5.88. The Morgan fingerprint density at radius 3 is 2.19 bits per heavy atom. The lowest BCUT2D eigenvalue weighted by molar-refractivity contribution is -0.142. The van der Waals surface area contributed by atoms with E-state index in [-0.39, 0.29) is 25.1 Å². The van der Waals surface area contributed by atoms with Crippen molar-refractivity contribution in [1.29, 1.82) is 0 Å². The highest BCUT2D eigenvalue weighted by atomic mass is 19.1. The summed E-state index contributed by atoms with van der Waals surface area (Å²) in [6.45, 7) is 5.04. The van der Waals surface area contributed by atoms with Crippen LogP contribution in [0.5, 0.6) is 17.2 Å². The summed E-state index contributed by atoms with van der Waals surface area (Å²) in [4.78, 5) is 27.1. The van der Waals surface area contributed by atoms with E-state index in [1.807, 2.05) is 13.8 Å². The second kappa shape index (κ2) is 11.9. The maximum Gasteiger partial charge on any atom is 0.261 e. The Kier molecular flexibility index (Phi) is 9.31. The molecule has 2 amide bonds. The van der Waals surface area contributed by atoms with Crippen molar-refractivity contribution in [2.75, 3.05) is 20.8 Å². The van der Waals surface area contributed by atoms with Crippen LogP contribution in [-0.4, -0.2) is 49.6 Å². The van der Waals surface area contributed by atoms with Crippen molar-refractivity contribution in [2.24, 2.45) is 0 Å². The summed E-state index contributed by atoms with van der Waals surface area (Å²) in [6.07, 6.45) is 0.750. The van der Waals surface area contributed by atoms with E-state index in [0.717, 1.165) is 6.42 Å². The summed E-state index contributed by atoms with van der Waals surface area (Å²) in [7, 11) is 3.02. The van der Waals surface area contributed by atoms with E-state index in [1.54, 1.807) is 43.3 Å². The quantitative estimate of drug-likeness (QED) is 0.571. The van der Waals surface area contributed by atoms with Crippen molar-refractivity contribution in [3.8, 4) is 17.2 Å². The third-order valence-corrected chi connectivity index (χ3v) is 5.15. The van der Waals surface area contributed by atoms with Crippen molar-refractivity contribution >= 4 is 11.8 Å². The highest BCUT2D eigenvalue weighted by Crippen LogP contribution is 2.27. The standard InChI is InChI=1S/C24H31FN2O5/c1-6-16(2)26-24(29)17(3)27(14-18-9-7-8-10-22(18)25)23(28)15-32-21-12-19(30-4)11-20(13-21)31-5/h7-13,16-17H,6,14-15H2,1-5H3,(H,26,29)/t16-,17-/m1/s1. The lowest BCUT2D eigenvalue weighted by Gasteiger charge is -2.29. The molecule has 2 aromatic carbocycles. The van der Waals surface area contributed by atoms with Crippen molar-refractivity contribution in [2.45, 2.75) is 45.8 Å². The predicted molar refractivity (Wildman–Crippen MR) is 119 cm³/mol. The molecule has 174 valence electrons. The molecule has 0 aliphatic rings. The Bertz CT molecular complexity index is 899. The molecule has 0 aliphatic carbocycles. The zero-order valence-corrected chi connectivity index (χ0v) is 19.2. The molecule has 2 rings (SSSR count). The number of hydrogen-bond donors (Lipinski definition) is 1. The monoisotopic (exact) mass is 446 g/mol. The van der Waals surface area contributed by atoms with Gasteiger partial charge in [0.15, 0.2) is 6.61 Å². The van der Waals surface area contributed by atoms with Crippen LogP contribution in [0.4, 0.5) is 4.39 Å². The molecule has 1 N–H and O–H groups in total. The zero-order valence-electron chi connectivity index (χ0n) is 19.2. The van der Waals surface area contributed by atoms with Crippen LogP contribution in [-0.2, 0) is 16.1 Å². The van der Waals surface area contributed by atoms with Crippen LogP contribution >= 0.6 is 0 Å². The Hall–Kier alpha value is -3.29. The Morgan fingerprint density at radius 1 is 1.03 bits per heavy atom. The number of halogens is 1. The number of hydrogen-bond acceptors (Lipinski definition) is 5. The van der Waals surface area contributed by atoms with Crippen LogP contribution in [0, 0.1) is 5.82 Å². The van der Waals surface area contributed by atoms with Gasteiger partial charge in [-0.2, -0.15) is 0 Å². The first-order valence-electron chi connectivity index (χ1n) is 10.5. The summed E-state index contributed by atoms with van der Waals surface area (Å²) < 4.78 is 30.3. The molecule has 0 unspecified atom stereocenters. The van der Waals surface area contributed by atoms with Crippen LogP contribution in [0.2, 0.25) is 0 Å². The molecule has 0 bridgehead atoms. The van der Waals surface area contributed by atoms with Crippen molar-refractivity contribution in [1.82, 2.24) is 10.2 Å². The van der Waals surface area contributed by atoms with E-state index >= 15 is 0 Å². The van der Waals surface area contributed by atoms with Crippen LogP contribution in [0.25, 0.3) is 0 Å². The molecular formula is C24H31FN2O5. The summed E-state index contributed by atoms with van der Waals surface area (Å²) in [5, 5.41) is 2.87. The fraction of sp³-hybridized carbons (Fsp3) is 0.417. The fourth-order valence-corrected chi connectivity index (χ4v) is 2.95.